The highest BCUT2D eigenvalue weighted by atomic mass is 16.4. The molecule has 5 fully saturated rings. The van der Waals surface area contributed by atoms with Gasteiger partial charge in [-0.1, -0.05) is 47.5 Å². The number of carboxylic acids is 1. The van der Waals surface area contributed by atoms with Gasteiger partial charge in [0.25, 0.3) is 0 Å². The minimum absolute atomic E-state index is 0.333. The normalized spacial score (nSPS) is 55.9. The van der Waals surface area contributed by atoms with E-state index in [9.17, 15) is 9.90 Å². The van der Waals surface area contributed by atoms with Crippen LogP contribution in [0.1, 0.15) is 112 Å². The monoisotopic (exact) mass is 400 g/mol. The van der Waals surface area contributed by atoms with Gasteiger partial charge in [-0.25, -0.2) is 0 Å². The topological polar surface area (TPSA) is 37.3 Å². The summed E-state index contributed by atoms with van der Waals surface area (Å²) >= 11 is 0. The highest BCUT2D eigenvalue weighted by Crippen LogP contribution is 2.76. The molecule has 0 saturated heterocycles. The fourth-order valence-corrected chi connectivity index (χ4v) is 11.0. The van der Waals surface area contributed by atoms with Crippen LogP contribution in [0.5, 0.6) is 0 Å². The van der Waals surface area contributed by atoms with Gasteiger partial charge in [0.2, 0.25) is 0 Å². The summed E-state index contributed by atoms with van der Waals surface area (Å²) in [6, 6.07) is 0. The molecule has 29 heavy (non-hydrogen) atoms. The van der Waals surface area contributed by atoms with E-state index in [1.54, 1.807) is 0 Å². The number of carboxylic acid groups (broad SMARTS) is 1. The van der Waals surface area contributed by atoms with E-state index in [0.717, 1.165) is 37.5 Å². The molecule has 5 aliphatic rings. The van der Waals surface area contributed by atoms with Crippen LogP contribution in [0.15, 0.2) is 0 Å². The molecule has 0 spiro atoms. The number of hydrogen-bond acceptors (Lipinski definition) is 1. The van der Waals surface area contributed by atoms with E-state index in [1.165, 1.54) is 51.4 Å². The molecule has 8 atom stereocenters. The average Bonchev–Trinajstić information content (AvgIpc) is 3.07. The quantitative estimate of drug-likeness (QED) is 0.501. The maximum atomic E-state index is 12.4. The SMILES string of the molecule is CC1(C)CCCC2(C)C1CCC1(C)C2CCC2C3CCCC3(C(=O)O)CCC21C. The molecule has 5 saturated carbocycles. The van der Waals surface area contributed by atoms with Gasteiger partial charge in [0.05, 0.1) is 5.41 Å². The Balaban J connectivity index is 1.54. The predicted molar refractivity (Wildman–Crippen MR) is 118 cm³/mol. The van der Waals surface area contributed by atoms with Gasteiger partial charge < -0.3 is 5.11 Å². The number of carbonyl (C=O) groups is 1. The molecule has 1 N–H and O–H groups in total. The van der Waals surface area contributed by atoms with Crippen molar-refractivity contribution in [1.29, 1.82) is 0 Å². The molecular formula is C27H44O2. The highest BCUT2D eigenvalue weighted by molar-refractivity contribution is 5.76. The Labute approximate surface area is 178 Å². The first-order valence-electron chi connectivity index (χ1n) is 12.7. The van der Waals surface area contributed by atoms with Crippen LogP contribution in [-0.2, 0) is 4.79 Å². The van der Waals surface area contributed by atoms with Gasteiger partial charge in [-0.15, -0.1) is 0 Å². The van der Waals surface area contributed by atoms with Crippen LogP contribution in [0.3, 0.4) is 0 Å². The van der Waals surface area contributed by atoms with Crippen molar-refractivity contribution >= 4 is 5.97 Å². The van der Waals surface area contributed by atoms with Crippen LogP contribution >= 0.6 is 0 Å². The summed E-state index contributed by atoms with van der Waals surface area (Å²) in [5, 5.41) is 10.2. The molecule has 164 valence electrons. The third kappa shape index (κ3) is 2.33. The van der Waals surface area contributed by atoms with Crippen LogP contribution in [0, 0.1) is 50.7 Å². The van der Waals surface area contributed by atoms with E-state index < -0.39 is 5.97 Å². The van der Waals surface area contributed by atoms with Crippen LogP contribution in [0.2, 0.25) is 0 Å². The summed E-state index contributed by atoms with van der Waals surface area (Å²) in [5.41, 5.74) is 1.31. The van der Waals surface area contributed by atoms with E-state index >= 15 is 0 Å². The fraction of sp³-hybridized carbons (Fsp3) is 0.963. The zero-order valence-electron chi connectivity index (χ0n) is 19.7. The van der Waals surface area contributed by atoms with Crippen molar-refractivity contribution in [3.63, 3.8) is 0 Å². The predicted octanol–water partition coefficient (Wildman–Crippen LogP) is 7.32. The van der Waals surface area contributed by atoms with Crippen molar-refractivity contribution in [3.8, 4) is 0 Å². The van der Waals surface area contributed by atoms with Crippen LogP contribution in [-0.4, -0.2) is 11.1 Å². The minimum Gasteiger partial charge on any atom is -0.481 e. The van der Waals surface area contributed by atoms with Gasteiger partial charge in [0.15, 0.2) is 0 Å². The molecule has 2 nitrogen and oxygen atoms in total. The Kier molecular flexibility index (Phi) is 4.24. The van der Waals surface area contributed by atoms with Gasteiger partial charge in [0, 0.05) is 0 Å². The van der Waals surface area contributed by atoms with Gasteiger partial charge in [-0.3, -0.25) is 4.79 Å². The molecule has 0 bridgehead atoms. The molecule has 0 aromatic carbocycles. The Morgan fingerprint density at radius 2 is 1.45 bits per heavy atom. The Bertz CT molecular complexity index is 711. The minimum atomic E-state index is -0.473. The lowest BCUT2D eigenvalue weighted by atomic mass is 9.32. The highest BCUT2D eigenvalue weighted by Gasteiger charge is 2.70. The van der Waals surface area contributed by atoms with Crippen molar-refractivity contribution in [2.24, 2.45) is 50.7 Å². The van der Waals surface area contributed by atoms with Crippen molar-refractivity contribution in [1.82, 2.24) is 0 Å². The van der Waals surface area contributed by atoms with Crippen LogP contribution in [0.25, 0.3) is 0 Å². The largest absolute Gasteiger partial charge is 0.481 e. The summed E-state index contributed by atoms with van der Waals surface area (Å²) in [6.45, 7) is 13.0. The molecule has 2 heteroatoms. The Morgan fingerprint density at radius 1 is 0.690 bits per heavy atom. The fourth-order valence-electron chi connectivity index (χ4n) is 11.0. The number of fused-ring (bicyclic) bond motifs is 7. The van der Waals surface area contributed by atoms with Gasteiger partial charge in [-0.05, 0) is 110 Å². The first-order valence-corrected chi connectivity index (χ1v) is 12.7. The molecule has 0 amide bonds. The lowest BCUT2D eigenvalue weighted by Gasteiger charge is -2.72. The molecule has 0 aliphatic heterocycles. The van der Waals surface area contributed by atoms with E-state index in [1.807, 2.05) is 0 Å². The maximum Gasteiger partial charge on any atom is 0.309 e. The van der Waals surface area contributed by atoms with Gasteiger partial charge in [0.1, 0.15) is 0 Å². The molecular weight excluding hydrogens is 356 g/mol. The van der Waals surface area contributed by atoms with E-state index in [0.29, 0.717) is 33.5 Å². The second kappa shape index (κ2) is 6.04. The zero-order valence-corrected chi connectivity index (χ0v) is 19.7. The molecule has 5 rings (SSSR count). The van der Waals surface area contributed by atoms with Crippen molar-refractivity contribution in [2.45, 2.75) is 112 Å². The first-order chi connectivity index (χ1) is 13.5. The average molecular weight is 401 g/mol. The van der Waals surface area contributed by atoms with Crippen molar-refractivity contribution in [3.05, 3.63) is 0 Å². The van der Waals surface area contributed by atoms with E-state index in [4.69, 9.17) is 0 Å². The summed E-state index contributed by atoms with van der Waals surface area (Å²) in [4.78, 5) is 12.4. The standard InChI is InChI=1S/C27H44O2/c1-23(2)12-7-13-24(3)20(23)11-15-26(5)21(24)10-9-18-19-8-6-14-27(19,22(28)29)17-16-25(18,26)4/h18-21H,6-17H2,1-5H3,(H,28,29). The molecule has 0 radical (unpaired) electrons. The summed E-state index contributed by atoms with van der Waals surface area (Å²) in [7, 11) is 0. The van der Waals surface area contributed by atoms with Crippen LogP contribution in [0.4, 0.5) is 0 Å². The van der Waals surface area contributed by atoms with Gasteiger partial charge in [-0.2, -0.15) is 0 Å². The summed E-state index contributed by atoms with van der Waals surface area (Å²) < 4.78 is 0. The van der Waals surface area contributed by atoms with Crippen molar-refractivity contribution < 1.29 is 9.90 Å². The van der Waals surface area contributed by atoms with Gasteiger partial charge >= 0.3 is 5.97 Å². The first kappa shape index (κ1) is 20.4. The summed E-state index contributed by atoms with van der Waals surface area (Å²) in [5.74, 6) is 2.29. The third-order valence-electron chi connectivity index (χ3n) is 12.5. The molecule has 5 aliphatic carbocycles. The summed E-state index contributed by atoms with van der Waals surface area (Å²) in [6.07, 6.45) is 15.0. The third-order valence-corrected chi connectivity index (χ3v) is 12.5. The molecule has 0 aromatic rings. The number of rotatable bonds is 1. The lowest BCUT2D eigenvalue weighted by molar-refractivity contribution is -0.235. The smallest absolute Gasteiger partial charge is 0.309 e. The number of hydrogen-bond donors (Lipinski definition) is 1. The Morgan fingerprint density at radius 3 is 2.17 bits per heavy atom. The van der Waals surface area contributed by atoms with E-state index in [-0.39, 0.29) is 5.41 Å². The van der Waals surface area contributed by atoms with E-state index in [2.05, 4.69) is 34.6 Å². The second-order valence-corrected chi connectivity index (χ2v) is 13.5. The Hall–Kier alpha value is -0.530. The van der Waals surface area contributed by atoms with Crippen molar-refractivity contribution in [2.75, 3.05) is 0 Å². The maximum absolute atomic E-state index is 12.4. The lowest BCUT2D eigenvalue weighted by Crippen LogP contribution is -2.65. The molecule has 8 unspecified atom stereocenters. The van der Waals surface area contributed by atoms with Crippen LogP contribution < -0.4 is 0 Å². The number of aliphatic carboxylic acids is 1. The molecule has 0 heterocycles. The zero-order chi connectivity index (χ0) is 20.9. The molecule has 0 aromatic heterocycles. The second-order valence-electron chi connectivity index (χ2n) is 13.5.